The fourth-order valence-electron chi connectivity index (χ4n) is 2.59. The number of rotatable bonds is 3. The minimum atomic E-state index is 1.02. The number of benzene rings is 1. The van der Waals surface area contributed by atoms with Crippen molar-refractivity contribution in [1.82, 2.24) is 0 Å². The van der Waals surface area contributed by atoms with E-state index in [1.54, 1.807) is 0 Å². The van der Waals surface area contributed by atoms with Gasteiger partial charge in [-0.1, -0.05) is 30.3 Å². The lowest BCUT2D eigenvalue weighted by Gasteiger charge is -2.07. The van der Waals surface area contributed by atoms with Crippen molar-refractivity contribution in [3.63, 3.8) is 0 Å². The van der Waals surface area contributed by atoms with Crippen LogP contribution in [0.25, 0.3) is 0 Å². The molecule has 17 heavy (non-hydrogen) atoms. The molecule has 1 heterocycles. The molecule has 1 heteroatoms. The molecule has 1 aromatic heterocycles. The molecule has 0 N–H and O–H groups in total. The largest absolute Gasteiger partial charge is 0.466 e. The summed E-state index contributed by atoms with van der Waals surface area (Å²) in [6, 6.07) is 12.9. The van der Waals surface area contributed by atoms with E-state index < -0.39 is 0 Å². The first-order chi connectivity index (χ1) is 8.42. The van der Waals surface area contributed by atoms with E-state index in [0.29, 0.717) is 0 Å². The van der Waals surface area contributed by atoms with Crippen LogP contribution in [-0.2, 0) is 25.7 Å². The summed E-state index contributed by atoms with van der Waals surface area (Å²) in [6.07, 6.45) is 7.07. The molecule has 0 aliphatic heterocycles. The minimum Gasteiger partial charge on any atom is -0.466 e. The van der Waals surface area contributed by atoms with E-state index in [0.717, 1.165) is 19.3 Å². The highest BCUT2D eigenvalue weighted by Gasteiger charge is 2.14. The van der Waals surface area contributed by atoms with E-state index in [9.17, 15) is 0 Å². The lowest BCUT2D eigenvalue weighted by Crippen LogP contribution is -1.97. The van der Waals surface area contributed by atoms with Crippen LogP contribution in [0.5, 0.6) is 0 Å². The van der Waals surface area contributed by atoms with Crippen molar-refractivity contribution in [1.29, 1.82) is 0 Å². The Morgan fingerprint density at radius 2 is 1.76 bits per heavy atom. The van der Waals surface area contributed by atoms with Crippen molar-refractivity contribution in [2.45, 2.75) is 38.5 Å². The second kappa shape index (κ2) is 4.79. The molecule has 0 radical (unpaired) electrons. The molecular formula is C16H18O. The fraction of sp³-hybridized carbons (Fsp3) is 0.375. The van der Waals surface area contributed by atoms with Crippen LogP contribution < -0.4 is 0 Å². The summed E-state index contributed by atoms with van der Waals surface area (Å²) in [4.78, 5) is 0. The Bertz CT molecular complexity index is 458. The monoisotopic (exact) mass is 226 g/mol. The third-order valence-electron chi connectivity index (χ3n) is 3.55. The van der Waals surface area contributed by atoms with Gasteiger partial charge in [-0.05, 0) is 42.9 Å². The average Bonchev–Trinajstić information content (AvgIpc) is 2.80. The predicted octanol–water partition coefficient (Wildman–Crippen LogP) is 3.94. The standard InChI is InChI=1S/C16H18O/c1-2-6-13(7-3-1)10-11-15-12-14-8-4-5-9-16(14)17-15/h1-3,6-7,12H,4-5,8-11H2. The topological polar surface area (TPSA) is 13.1 Å². The Hall–Kier alpha value is -1.50. The third kappa shape index (κ3) is 2.44. The van der Waals surface area contributed by atoms with Gasteiger partial charge < -0.3 is 4.42 Å². The summed E-state index contributed by atoms with van der Waals surface area (Å²) in [5, 5.41) is 0. The highest BCUT2D eigenvalue weighted by molar-refractivity contribution is 5.25. The Morgan fingerprint density at radius 3 is 2.59 bits per heavy atom. The molecule has 3 rings (SSSR count). The summed E-state index contributed by atoms with van der Waals surface area (Å²) in [7, 11) is 0. The fourth-order valence-corrected chi connectivity index (χ4v) is 2.59. The lowest BCUT2D eigenvalue weighted by molar-refractivity contribution is 0.443. The Balaban J connectivity index is 1.67. The molecule has 1 aliphatic rings. The smallest absolute Gasteiger partial charge is 0.107 e. The van der Waals surface area contributed by atoms with Gasteiger partial charge in [0.2, 0.25) is 0 Å². The Morgan fingerprint density at radius 1 is 0.941 bits per heavy atom. The lowest BCUT2D eigenvalue weighted by atomic mass is 9.98. The summed E-state index contributed by atoms with van der Waals surface area (Å²) in [5.74, 6) is 2.42. The van der Waals surface area contributed by atoms with Gasteiger partial charge in [-0.15, -0.1) is 0 Å². The highest BCUT2D eigenvalue weighted by Crippen LogP contribution is 2.25. The van der Waals surface area contributed by atoms with E-state index in [2.05, 4.69) is 36.4 Å². The maximum Gasteiger partial charge on any atom is 0.107 e. The first kappa shape index (κ1) is 10.6. The molecule has 1 aliphatic carbocycles. The van der Waals surface area contributed by atoms with Gasteiger partial charge in [-0.25, -0.2) is 0 Å². The number of hydrogen-bond acceptors (Lipinski definition) is 1. The molecule has 0 spiro atoms. The van der Waals surface area contributed by atoms with Crippen LogP contribution in [0.2, 0.25) is 0 Å². The molecule has 88 valence electrons. The van der Waals surface area contributed by atoms with E-state index in [1.807, 2.05) is 0 Å². The number of aryl methyl sites for hydroxylation is 4. The van der Waals surface area contributed by atoms with Gasteiger partial charge in [-0.3, -0.25) is 0 Å². The van der Waals surface area contributed by atoms with Gasteiger partial charge in [0, 0.05) is 12.8 Å². The minimum absolute atomic E-state index is 1.02. The molecule has 2 aromatic rings. The SMILES string of the molecule is c1ccc(CCc2cc3c(o2)CCCC3)cc1. The molecule has 0 bridgehead atoms. The number of fused-ring (bicyclic) bond motifs is 1. The quantitative estimate of drug-likeness (QED) is 0.772. The summed E-state index contributed by atoms with van der Waals surface area (Å²) >= 11 is 0. The molecule has 0 unspecified atom stereocenters. The van der Waals surface area contributed by atoms with E-state index in [-0.39, 0.29) is 0 Å². The summed E-state index contributed by atoms with van der Waals surface area (Å²) in [6.45, 7) is 0. The molecule has 0 atom stereocenters. The second-order valence-electron chi connectivity index (χ2n) is 4.85. The molecule has 0 amide bonds. The number of furan rings is 1. The zero-order valence-electron chi connectivity index (χ0n) is 10.1. The van der Waals surface area contributed by atoms with Crippen LogP contribution in [0.1, 0.15) is 35.5 Å². The molecule has 0 saturated heterocycles. The summed E-state index contributed by atoms with van der Waals surface area (Å²) < 4.78 is 5.93. The summed E-state index contributed by atoms with van der Waals surface area (Å²) in [5.41, 5.74) is 2.85. The van der Waals surface area contributed by atoms with Crippen LogP contribution in [0.15, 0.2) is 40.8 Å². The highest BCUT2D eigenvalue weighted by atomic mass is 16.3. The van der Waals surface area contributed by atoms with E-state index in [1.165, 1.54) is 41.9 Å². The normalized spacial score (nSPS) is 14.6. The molecule has 1 nitrogen and oxygen atoms in total. The zero-order valence-corrected chi connectivity index (χ0v) is 10.1. The van der Waals surface area contributed by atoms with Crippen molar-refractivity contribution < 1.29 is 4.42 Å². The predicted molar refractivity (Wildman–Crippen MR) is 69.2 cm³/mol. The first-order valence-electron chi connectivity index (χ1n) is 6.56. The van der Waals surface area contributed by atoms with Gasteiger partial charge in [0.25, 0.3) is 0 Å². The molecule has 1 aromatic carbocycles. The van der Waals surface area contributed by atoms with Gasteiger partial charge in [0.05, 0.1) is 0 Å². The van der Waals surface area contributed by atoms with Crippen molar-refractivity contribution in [3.8, 4) is 0 Å². The zero-order chi connectivity index (χ0) is 11.5. The maximum atomic E-state index is 5.93. The van der Waals surface area contributed by atoms with Crippen molar-refractivity contribution >= 4 is 0 Å². The molecular weight excluding hydrogens is 208 g/mol. The van der Waals surface area contributed by atoms with Gasteiger partial charge in [-0.2, -0.15) is 0 Å². The van der Waals surface area contributed by atoms with E-state index >= 15 is 0 Å². The van der Waals surface area contributed by atoms with Gasteiger partial charge >= 0.3 is 0 Å². The Kier molecular flexibility index (Phi) is 3.00. The number of hydrogen-bond donors (Lipinski definition) is 0. The van der Waals surface area contributed by atoms with E-state index in [4.69, 9.17) is 4.42 Å². The van der Waals surface area contributed by atoms with Crippen molar-refractivity contribution in [3.05, 3.63) is 59.0 Å². The Labute approximate surface area is 102 Å². The van der Waals surface area contributed by atoms with Crippen LogP contribution in [-0.4, -0.2) is 0 Å². The molecule has 0 saturated carbocycles. The molecule has 0 fully saturated rings. The van der Waals surface area contributed by atoms with Crippen LogP contribution in [0.4, 0.5) is 0 Å². The van der Waals surface area contributed by atoms with Gasteiger partial charge in [0.1, 0.15) is 11.5 Å². The maximum absolute atomic E-state index is 5.93. The average molecular weight is 226 g/mol. The van der Waals surface area contributed by atoms with Crippen LogP contribution in [0.3, 0.4) is 0 Å². The second-order valence-corrected chi connectivity index (χ2v) is 4.85. The van der Waals surface area contributed by atoms with Crippen LogP contribution >= 0.6 is 0 Å². The van der Waals surface area contributed by atoms with Gasteiger partial charge in [0.15, 0.2) is 0 Å². The van der Waals surface area contributed by atoms with Crippen molar-refractivity contribution in [2.75, 3.05) is 0 Å². The van der Waals surface area contributed by atoms with Crippen LogP contribution in [0, 0.1) is 0 Å². The first-order valence-corrected chi connectivity index (χ1v) is 6.56. The van der Waals surface area contributed by atoms with Crippen molar-refractivity contribution in [2.24, 2.45) is 0 Å². The third-order valence-corrected chi connectivity index (χ3v) is 3.55.